The lowest BCUT2D eigenvalue weighted by atomic mass is 9.94. The van der Waals surface area contributed by atoms with E-state index in [-0.39, 0.29) is 0 Å². The van der Waals surface area contributed by atoms with Crippen LogP contribution in [0.4, 0.5) is 0 Å². The monoisotopic (exact) mass is 197 g/mol. The summed E-state index contributed by atoms with van der Waals surface area (Å²) in [5.74, 6) is 0.877. The molecule has 0 heterocycles. The molecule has 0 unspecified atom stereocenters. The van der Waals surface area contributed by atoms with Gasteiger partial charge in [-0.05, 0) is 51.1 Å². The van der Waals surface area contributed by atoms with Crippen LogP contribution in [0.25, 0.3) is 0 Å². The number of allylic oxidation sites excluding steroid dienone is 2. The van der Waals surface area contributed by atoms with E-state index in [0.29, 0.717) is 0 Å². The maximum absolute atomic E-state index is 5.00. The summed E-state index contributed by atoms with van der Waals surface area (Å²) in [6.45, 7) is 3.23. The van der Waals surface area contributed by atoms with E-state index in [9.17, 15) is 0 Å². The number of rotatable bonds is 7. The molecule has 0 aromatic carbocycles. The molecule has 0 amide bonds. The van der Waals surface area contributed by atoms with E-state index in [1.54, 1.807) is 7.11 Å². The number of ether oxygens (including phenoxy) is 1. The molecule has 0 aromatic heterocycles. The van der Waals surface area contributed by atoms with Crippen molar-refractivity contribution in [2.45, 2.75) is 32.1 Å². The molecule has 1 aliphatic carbocycles. The molecule has 2 heteroatoms. The molecular formula is C12H23NO. The molecule has 1 N–H and O–H groups in total. The highest BCUT2D eigenvalue weighted by Gasteiger charge is 2.08. The molecule has 1 aliphatic rings. The molecule has 1 atom stereocenters. The third-order valence-electron chi connectivity index (χ3n) is 2.76. The molecule has 0 aliphatic heterocycles. The van der Waals surface area contributed by atoms with Gasteiger partial charge in [0.15, 0.2) is 0 Å². The molecule has 82 valence electrons. The Kier molecular flexibility index (Phi) is 6.71. The van der Waals surface area contributed by atoms with Gasteiger partial charge >= 0.3 is 0 Å². The van der Waals surface area contributed by atoms with Gasteiger partial charge in [-0.1, -0.05) is 12.2 Å². The van der Waals surface area contributed by atoms with E-state index in [0.717, 1.165) is 19.1 Å². The number of hydrogen-bond donors (Lipinski definition) is 1. The molecule has 0 aromatic rings. The van der Waals surface area contributed by atoms with Crippen molar-refractivity contribution < 1.29 is 4.74 Å². The number of methoxy groups -OCH3 is 1. The summed E-state index contributed by atoms with van der Waals surface area (Å²) in [4.78, 5) is 0. The van der Waals surface area contributed by atoms with Gasteiger partial charge in [0.2, 0.25) is 0 Å². The first-order valence-electron chi connectivity index (χ1n) is 5.78. The Bertz CT molecular complexity index is 156. The molecule has 0 spiro atoms. The van der Waals surface area contributed by atoms with Crippen molar-refractivity contribution in [3.63, 3.8) is 0 Å². The lowest BCUT2D eigenvalue weighted by molar-refractivity contribution is 0.192. The lowest BCUT2D eigenvalue weighted by Crippen LogP contribution is -2.24. The van der Waals surface area contributed by atoms with Gasteiger partial charge in [0.25, 0.3) is 0 Å². The third-order valence-corrected chi connectivity index (χ3v) is 2.76. The molecule has 0 saturated heterocycles. The van der Waals surface area contributed by atoms with E-state index in [4.69, 9.17) is 4.74 Å². The maximum atomic E-state index is 5.00. The second-order valence-electron chi connectivity index (χ2n) is 4.05. The fourth-order valence-electron chi connectivity index (χ4n) is 1.84. The Morgan fingerprint density at radius 2 is 2.29 bits per heavy atom. The highest BCUT2D eigenvalue weighted by Crippen LogP contribution is 2.16. The first-order chi connectivity index (χ1) is 6.93. The fourth-order valence-corrected chi connectivity index (χ4v) is 1.84. The topological polar surface area (TPSA) is 21.3 Å². The van der Waals surface area contributed by atoms with Crippen LogP contribution in [0.15, 0.2) is 12.2 Å². The Labute approximate surface area is 87.7 Å². The minimum Gasteiger partial charge on any atom is -0.385 e. The van der Waals surface area contributed by atoms with Crippen LogP contribution in [0, 0.1) is 5.92 Å². The Morgan fingerprint density at radius 3 is 3.00 bits per heavy atom. The van der Waals surface area contributed by atoms with Crippen molar-refractivity contribution in [3.8, 4) is 0 Å². The van der Waals surface area contributed by atoms with E-state index >= 15 is 0 Å². The van der Waals surface area contributed by atoms with Gasteiger partial charge < -0.3 is 10.1 Å². The van der Waals surface area contributed by atoms with Crippen LogP contribution in [-0.4, -0.2) is 26.8 Å². The van der Waals surface area contributed by atoms with E-state index in [2.05, 4.69) is 17.5 Å². The minimum atomic E-state index is 0.877. The standard InChI is InChI=1S/C12H23NO/c1-14-10-6-5-9-13-11-12-7-3-2-4-8-12/h2-3,12-13H,4-11H2,1H3/t12-/m1/s1. The average molecular weight is 197 g/mol. The zero-order valence-corrected chi connectivity index (χ0v) is 9.30. The fraction of sp³-hybridized carbons (Fsp3) is 0.833. The number of nitrogens with one attached hydrogen (secondary N) is 1. The van der Waals surface area contributed by atoms with E-state index in [1.165, 1.54) is 38.6 Å². The van der Waals surface area contributed by atoms with Gasteiger partial charge in [0.05, 0.1) is 0 Å². The van der Waals surface area contributed by atoms with Gasteiger partial charge in [-0.15, -0.1) is 0 Å². The highest BCUT2D eigenvalue weighted by molar-refractivity contribution is 4.90. The zero-order valence-electron chi connectivity index (χ0n) is 9.30. The highest BCUT2D eigenvalue weighted by atomic mass is 16.5. The van der Waals surface area contributed by atoms with Crippen molar-refractivity contribution in [1.29, 1.82) is 0 Å². The smallest absolute Gasteiger partial charge is 0.0462 e. The van der Waals surface area contributed by atoms with Crippen LogP contribution in [0.3, 0.4) is 0 Å². The second-order valence-corrected chi connectivity index (χ2v) is 4.05. The summed E-state index contributed by atoms with van der Waals surface area (Å²) in [5, 5.41) is 3.52. The zero-order chi connectivity index (χ0) is 10.1. The predicted molar refractivity (Wildman–Crippen MR) is 60.5 cm³/mol. The molecule has 0 saturated carbocycles. The van der Waals surface area contributed by atoms with Gasteiger partial charge in [0.1, 0.15) is 0 Å². The van der Waals surface area contributed by atoms with Gasteiger partial charge in [-0.25, -0.2) is 0 Å². The summed E-state index contributed by atoms with van der Waals surface area (Å²) in [5.41, 5.74) is 0. The molecular weight excluding hydrogens is 174 g/mol. The van der Waals surface area contributed by atoms with Crippen molar-refractivity contribution >= 4 is 0 Å². The Morgan fingerprint density at radius 1 is 1.36 bits per heavy atom. The van der Waals surface area contributed by atoms with Crippen LogP contribution in [0.1, 0.15) is 32.1 Å². The maximum Gasteiger partial charge on any atom is 0.0462 e. The molecule has 14 heavy (non-hydrogen) atoms. The third kappa shape index (κ3) is 5.40. The molecule has 0 fully saturated rings. The number of unbranched alkanes of at least 4 members (excludes halogenated alkanes) is 1. The van der Waals surface area contributed by atoms with Crippen LogP contribution < -0.4 is 5.32 Å². The first kappa shape index (κ1) is 11.7. The van der Waals surface area contributed by atoms with Crippen LogP contribution >= 0.6 is 0 Å². The quantitative estimate of drug-likeness (QED) is 0.500. The molecule has 1 rings (SSSR count). The summed E-state index contributed by atoms with van der Waals surface area (Å²) < 4.78 is 5.00. The van der Waals surface area contributed by atoms with Gasteiger partial charge in [0, 0.05) is 13.7 Å². The molecule has 2 nitrogen and oxygen atoms in total. The van der Waals surface area contributed by atoms with Crippen molar-refractivity contribution in [3.05, 3.63) is 12.2 Å². The van der Waals surface area contributed by atoms with Crippen molar-refractivity contribution in [2.24, 2.45) is 5.92 Å². The summed E-state index contributed by atoms with van der Waals surface area (Å²) >= 11 is 0. The average Bonchev–Trinajstić information content (AvgIpc) is 2.25. The van der Waals surface area contributed by atoms with E-state index in [1.807, 2.05) is 0 Å². The van der Waals surface area contributed by atoms with Gasteiger partial charge in [-0.3, -0.25) is 0 Å². The Balaban J connectivity index is 1.86. The predicted octanol–water partition coefficient (Wildman–Crippen LogP) is 2.36. The summed E-state index contributed by atoms with van der Waals surface area (Å²) in [7, 11) is 1.77. The first-order valence-corrected chi connectivity index (χ1v) is 5.78. The van der Waals surface area contributed by atoms with Gasteiger partial charge in [-0.2, -0.15) is 0 Å². The summed E-state index contributed by atoms with van der Waals surface area (Å²) in [6.07, 6.45) is 10.9. The van der Waals surface area contributed by atoms with Crippen molar-refractivity contribution in [1.82, 2.24) is 5.32 Å². The van der Waals surface area contributed by atoms with Crippen LogP contribution in [-0.2, 0) is 4.74 Å². The van der Waals surface area contributed by atoms with Crippen molar-refractivity contribution in [2.75, 3.05) is 26.8 Å². The SMILES string of the molecule is COCCCCNC[C@@H]1CC=CCC1. The molecule has 0 radical (unpaired) electrons. The second kappa shape index (κ2) is 8.01. The largest absolute Gasteiger partial charge is 0.385 e. The van der Waals surface area contributed by atoms with E-state index < -0.39 is 0 Å². The summed E-state index contributed by atoms with van der Waals surface area (Å²) in [6, 6.07) is 0. The van der Waals surface area contributed by atoms with Crippen LogP contribution in [0.2, 0.25) is 0 Å². The lowest BCUT2D eigenvalue weighted by Gasteiger charge is -2.17. The normalized spacial score (nSPS) is 21.4. The molecule has 0 bridgehead atoms. The number of hydrogen-bond acceptors (Lipinski definition) is 2. The van der Waals surface area contributed by atoms with Crippen LogP contribution in [0.5, 0.6) is 0 Å². The minimum absolute atomic E-state index is 0.877. The Hall–Kier alpha value is -0.340.